The van der Waals surface area contributed by atoms with Gasteiger partial charge in [-0.25, -0.2) is 0 Å². The Morgan fingerprint density at radius 1 is 1.09 bits per heavy atom. The summed E-state index contributed by atoms with van der Waals surface area (Å²) in [5, 5.41) is 4.16. The van der Waals surface area contributed by atoms with E-state index >= 15 is 0 Å². The van der Waals surface area contributed by atoms with E-state index in [4.69, 9.17) is 23.2 Å². The van der Waals surface area contributed by atoms with Crippen molar-refractivity contribution in [2.24, 2.45) is 10.9 Å². The second-order valence-electron chi connectivity index (χ2n) is 5.53. The lowest BCUT2D eigenvalue weighted by molar-refractivity contribution is -0.117. The van der Waals surface area contributed by atoms with Crippen LogP contribution < -0.4 is 5.32 Å². The molecule has 0 heterocycles. The van der Waals surface area contributed by atoms with Gasteiger partial charge in [-0.3, -0.25) is 9.79 Å². The van der Waals surface area contributed by atoms with Crippen molar-refractivity contribution in [3.05, 3.63) is 58.6 Å². The fraction of sp³-hybridized carbons (Fsp3) is 0.222. The minimum absolute atomic E-state index is 0.0365. The van der Waals surface area contributed by atoms with Crippen LogP contribution in [0.1, 0.15) is 19.3 Å². The van der Waals surface area contributed by atoms with Crippen LogP contribution in [-0.4, -0.2) is 11.6 Å². The number of carbonyl (C=O) groups excluding carboxylic acids is 1. The van der Waals surface area contributed by atoms with Crippen molar-refractivity contribution in [1.82, 2.24) is 0 Å². The van der Waals surface area contributed by atoms with Gasteiger partial charge in [0.1, 0.15) is 0 Å². The zero-order valence-corrected chi connectivity index (χ0v) is 13.9. The van der Waals surface area contributed by atoms with Crippen molar-refractivity contribution in [1.29, 1.82) is 0 Å². The summed E-state index contributed by atoms with van der Waals surface area (Å²) in [5.41, 5.74) is 2.40. The molecule has 1 N–H and O–H groups in total. The van der Waals surface area contributed by atoms with Crippen LogP contribution in [-0.2, 0) is 4.79 Å². The SMILES string of the molecule is O=C(Nc1cccc(Cl)c1)[C@@H]1CCCC1=Nc1cccc(Cl)c1. The van der Waals surface area contributed by atoms with Gasteiger partial charge in [-0.15, -0.1) is 0 Å². The van der Waals surface area contributed by atoms with Crippen molar-refractivity contribution >= 4 is 46.2 Å². The first-order valence-electron chi connectivity index (χ1n) is 7.51. The van der Waals surface area contributed by atoms with Crippen LogP contribution in [0.4, 0.5) is 11.4 Å². The molecule has 5 heteroatoms. The topological polar surface area (TPSA) is 41.5 Å². The summed E-state index contributed by atoms with van der Waals surface area (Å²) in [7, 11) is 0. The van der Waals surface area contributed by atoms with E-state index in [9.17, 15) is 4.79 Å². The van der Waals surface area contributed by atoms with E-state index in [1.165, 1.54) is 0 Å². The molecule has 0 aliphatic heterocycles. The molecule has 0 spiro atoms. The molecule has 3 rings (SSSR count). The summed E-state index contributed by atoms with van der Waals surface area (Å²) in [6.45, 7) is 0. The molecule has 2 aromatic rings. The van der Waals surface area contributed by atoms with Crippen molar-refractivity contribution < 1.29 is 4.79 Å². The number of hydrogen-bond donors (Lipinski definition) is 1. The molecule has 0 aromatic heterocycles. The Kier molecular flexibility index (Phi) is 4.99. The Bertz CT molecular complexity index is 758. The molecule has 3 nitrogen and oxygen atoms in total. The average Bonchev–Trinajstić information content (AvgIpc) is 2.95. The van der Waals surface area contributed by atoms with Gasteiger partial charge in [0.25, 0.3) is 0 Å². The van der Waals surface area contributed by atoms with Crippen molar-refractivity contribution in [3.63, 3.8) is 0 Å². The van der Waals surface area contributed by atoms with Crippen LogP contribution in [0.25, 0.3) is 0 Å². The zero-order valence-electron chi connectivity index (χ0n) is 12.4. The second-order valence-corrected chi connectivity index (χ2v) is 6.40. The van der Waals surface area contributed by atoms with Gasteiger partial charge < -0.3 is 5.32 Å². The molecule has 0 bridgehead atoms. The van der Waals surface area contributed by atoms with Crippen LogP contribution in [0.5, 0.6) is 0 Å². The van der Waals surface area contributed by atoms with E-state index in [1.807, 2.05) is 30.3 Å². The third kappa shape index (κ3) is 4.12. The molecule has 2 aromatic carbocycles. The number of anilines is 1. The highest BCUT2D eigenvalue weighted by molar-refractivity contribution is 6.31. The number of benzene rings is 2. The van der Waals surface area contributed by atoms with E-state index in [0.717, 1.165) is 30.7 Å². The van der Waals surface area contributed by atoms with Crippen molar-refractivity contribution in [2.45, 2.75) is 19.3 Å². The maximum atomic E-state index is 12.5. The van der Waals surface area contributed by atoms with Crippen molar-refractivity contribution in [2.75, 3.05) is 5.32 Å². The minimum atomic E-state index is -0.201. The van der Waals surface area contributed by atoms with Crippen LogP contribution in [0.2, 0.25) is 10.0 Å². The molecule has 1 aliphatic rings. The summed E-state index contributed by atoms with van der Waals surface area (Å²) in [5.74, 6) is -0.237. The summed E-state index contributed by atoms with van der Waals surface area (Å²) in [6.07, 6.45) is 2.61. The number of aliphatic imine (C=N–C) groups is 1. The Morgan fingerprint density at radius 3 is 2.57 bits per heavy atom. The van der Waals surface area contributed by atoms with Gasteiger partial charge in [0.15, 0.2) is 0 Å². The Labute approximate surface area is 145 Å². The van der Waals surface area contributed by atoms with E-state index in [-0.39, 0.29) is 11.8 Å². The molecular formula is C18H16Cl2N2O. The zero-order chi connectivity index (χ0) is 16.2. The van der Waals surface area contributed by atoms with E-state index in [0.29, 0.717) is 15.7 Å². The Hall–Kier alpha value is -1.84. The van der Waals surface area contributed by atoms with E-state index in [1.54, 1.807) is 18.2 Å². The van der Waals surface area contributed by atoms with Gasteiger partial charge in [-0.05, 0) is 55.7 Å². The molecule has 0 radical (unpaired) electrons. The lowest BCUT2D eigenvalue weighted by atomic mass is 10.1. The predicted molar refractivity (Wildman–Crippen MR) is 96.0 cm³/mol. The van der Waals surface area contributed by atoms with Crippen LogP contribution in [0, 0.1) is 5.92 Å². The van der Waals surface area contributed by atoms with Gasteiger partial charge in [0.05, 0.1) is 11.6 Å². The number of hydrogen-bond acceptors (Lipinski definition) is 2. The molecule has 1 amide bonds. The largest absolute Gasteiger partial charge is 0.325 e. The Balaban J connectivity index is 1.77. The number of nitrogens with one attached hydrogen (secondary N) is 1. The minimum Gasteiger partial charge on any atom is -0.325 e. The third-order valence-electron chi connectivity index (χ3n) is 3.82. The fourth-order valence-electron chi connectivity index (χ4n) is 2.75. The molecule has 1 saturated carbocycles. The van der Waals surface area contributed by atoms with Gasteiger partial charge >= 0.3 is 0 Å². The molecule has 1 fully saturated rings. The van der Waals surface area contributed by atoms with Crippen LogP contribution >= 0.6 is 23.2 Å². The predicted octanol–water partition coefficient (Wildman–Crippen LogP) is 5.50. The highest BCUT2D eigenvalue weighted by Gasteiger charge is 2.29. The first-order valence-corrected chi connectivity index (χ1v) is 8.27. The molecular weight excluding hydrogens is 331 g/mol. The molecule has 1 aliphatic carbocycles. The molecule has 1 atom stereocenters. The van der Waals surface area contributed by atoms with Crippen LogP contribution in [0.15, 0.2) is 53.5 Å². The van der Waals surface area contributed by atoms with Gasteiger partial charge in [-0.2, -0.15) is 0 Å². The highest BCUT2D eigenvalue weighted by Crippen LogP contribution is 2.28. The summed E-state index contributed by atoms with van der Waals surface area (Å²) < 4.78 is 0. The fourth-order valence-corrected chi connectivity index (χ4v) is 3.13. The number of amides is 1. The second kappa shape index (κ2) is 7.16. The molecule has 0 unspecified atom stereocenters. The lowest BCUT2D eigenvalue weighted by Crippen LogP contribution is -2.25. The first-order chi connectivity index (χ1) is 11.1. The van der Waals surface area contributed by atoms with Crippen LogP contribution in [0.3, 0.4) is 0 Å². The lowest BCUT2D eigenvalue weighted by Gasteiger charge is -2.12. The highest BCUT2D eigenvalue weighted by atomic mass is 35.5. The maximum Gasteiger partial charge on any atom is 0.233 e. The number of halogens is 2. The smallest absolute Gasteiger partial charge is 0.233 e. The monoisotopic (exact) mass is 346 g/mol. The van der Waals surface area contributed by atoms with E-state index in [2.05, 4.69) is 10.3 Å². The normalized spacial score (nSPS) is 19.0. The van der Waals surface area contributed by atoms with Gasteiger partial charge in [-0.1, -0.05) is 35.3 Å². The summed E-state index contributed by atoms with van der Waals surface area (Å²) in [6, 6.07) is 14.5. The Morgan fingerprint density at radius 2 is 1.83 bits per heavy atom. The molecule has 118 valence electrons. The summed E-state index contributed by atoms with van der Waals surface area (Å²) >= 11 is 11.9. The third-order valence-corrected chi connectivity index (χ3v) is 4.29. The molecule has 23 heavy (non-hydrogen) atoms. The number of nitrogens with zero attached hydrogens (tertiary/aromatic N) is 1. The average molecular weight is 347 g/mol. The maximum absolute atomic E-state index is 12.5. The van der Waals surface area contributed by atoms with Gasteiger partial charge in [0.2, 0.25) is 5.91 Å². The quantitative estimate of drug-likeness (QED) is 0.782. The van der Waals surface area contributed by atoms with E-state index < -0.39 is 0 Å². The number of rotatable bonds is 3. The summed E-state index contributed by atoms with van der Waals surface area (Å²) in [4.78, 5) is 17.2. The first kappa shape index (κ1) is 16.0. The standard InChI is InChI=1S/C18H16Cl2N2O/c19-12-4-1-6-14(10-12)21-17-9-3-8-16(17)18(23)22-15-7-2-5-13(20)11-15/h1-2,4-7,10-11,16H,3,8-9H2,(H,22,23)/t16-/m1/s1. The number of carbonyl (C=O) groups is 1. The van der Waals surface area contributed by atoms with Gasteiger partial charge in [0, 0.05) is 21.4 Å². The van der Waals surface area contributed by atoms with Crippen molar-refractivity contribution in [3.8, 4) is 0 Å². The molecule has 0 saturated heterocycles.